The van der Waals surface area contributed by atoms with Crippen LogP contribution >= 0.6 is 49.0 Å². The lowest BCUT2D eigenvalue weighted by Crippen LogP contribution is -2.36. The van der Waals surface area contributed by atoms with Crippen molar-refractivity contribution >= 4 is 88.9 Å². The number of halogens is 2. The number of nitrogens with two attached hydrogens (primary N) is 1. The second-order valence-electron chi connectivity index (χ2n) is 10.5. The van der Waals surface area contributed by atoms with E-state index >= 15 is 0 Å². The van der Waals surface area contributed by atoms with E-state index in [9.17, 15) is 24.5 Å². The van der Waals surface area contributed by atoms with Gasteiger partial charge in [0.05, 0.1) is 46.9 Å². The van der Waals surface area contributed by atoms with Gasteiger partial charge in [-0.2, -0.15) is 4.98 Å². The largest absolute Gasteiger partial charge is 0.387 e. The molecular weight excluding hydrogens is 735 g/mol. The molecule has 0 aliphatic carbocycles. The van der Waals surface area contributed by atoms with Gasteiger partial charge in [-0.05, 0) is 23.9 Å². The van der Waals surface area contributed by atoms with Crippen LogP contribution in [0.4, 0.5) is 5.95 Å². The molecule has 18 nitrogen and oxygen atoms in total. The molecule has 2 bridgehead atoms. The number of hydrogen-bond acceptors (Lipinski definition) is 15. The number of aliphatic hydroxyl groups excluding tert-OH is 2. The molecule has 0 amide bonds. The second kappa shape index (κ2) is 12.0. The van der Waals surface area contributed by atoms with E-state index in [2.05, 4.69) is 32.2 Å². The van der Waals surface area contributed by atoms with E-state index in [-0.39, 0.29) is 27.2 Å². The van der Waals surface area contributed by atoms with Gasteiger partial charge in [-0.3, -0.25) is 27.9 Å². The van der Waals surface area contributed by atoms with Gasteiger partial charge in [-0.1, -0.05) is 35.5 Å². The number of ether oxygens (including phenoxy) is 2. The minimum Gasteiger partial charge on any atom is -0.387 e. The Morgan fingerprint density at radius 2 is 1.70 bits per heavy atom. The molecule has 7 rings (SSSR count). The SMILES string of the molecule is Nc1nc2c(ncn2[C@@H]2O[C@@H]3COP(=O)(S)O[C@@H]4C(O)[C@H](n5cnc6cc(Cl)c(Cl)cc65)O[C@@H]4COP(O)(=S)O[C@H]2C3O)c(=O)[nH]1. The molecule has 4 unspecified atom stereocenters. The van der Waals surface area contributed by atoms with E-state index < -0.39 is 81.4 Å². The lowest BCUT2D eigenvalue weighted by molar-refractivity contribution is -0.0593. The quantitative estimate of drug-likeness (QED) is 0.126. The molecule has 3 aromatic heterocycles. The summed E-state index contributed by atoms with van der Waals surface area (Å²) in [5.41, 5.74) is 5.86. The molecule has 4 aromatic rings. The number of aliphatic hydroxyl groups is 2. The van der Waals surface area contributed by atoms with Crippen molar-refractivity contribution in [3.05, 3.63) is 45.2 Å². The van der Waals surface area contributed by atoms with Crippen molar-refractivity contribution in [2.45, 2.75) is 49.1 Å². The lowest BCUT2D eigenvalue weighted by Gasteiger charge is -2.27. The summed E-state index contributed by atoms with van der Waals surface area (Å²) in [5, 5.41) is 23.0. The maximum atomic E-state index is 13.5. The number of H-pyrrole nitrogens is 1. The summed E-state index contributed by atoms with van der Waals surface area (Å²) in [4.78, 5) is 38.2. The Hall–Kier alpha value is -1.71. The fourth-order valence-electron chi connectivity index (χ4n) is 5.47. The van der Waals surface area contributed by atoms with Crippen LogP contribution in [0.2, 0.25) is 10.0 Å². The molecule has 6 heterocycles. The third-order valence-electron chi connectivity index (χ3n) is 7.55. The van der Waals surface area contributed by atoms with Crippen molar-refractivity contribution in [2.24, 2.45) is 0 Å². The van der Waals surface area contributed by atoms with Crippen LogP contribution in [-0.4, -0.2) is 94.0 Å². The first-order chi connectivity index (χ1) is 21.7. The van der Waals surface area contributed by atoms with Crippen molar-refractivity contribution in [1.29, 1.82) is 0 Å². The summed E-state index contributed by atoms with van der Waals surface area (Å²) in [5.74, 6) is -0.219. The van der Waals surface area contributed by atoms with Gasteiger partial charge in [0, 0.05) is 0 Å². The van der Waals surface area contributed by atoms with Gasteiger partial charge in [0.1, 0.15) is 36.6 Å². The molecule has 6 N–H and O–H groups in total. The molecule has 0 spiro atoms. The van der Waals surface area contributed by atoms with Crippen LogP contribution in [0.5, 0.6) is 0 Å². The highest BCUT2D eigenvalue weighted by atomic mass is 35.5. The Morgan fingerprint density at radius 3 is 2.48 bits per heavy atom. The molecule has 24 heteroatoms. The molecule has 248 valence electrons. The molecule has 3 aliphatic heterocycles. The molecule has 3 saturated heterocycles. The number of anilines is 1. The van der Waals surface area contributed by atoms with Crippen LogP contribution in [0.1, 0.15) is 12.5 Å². The van der Waals surface area contributed by atoms with Gasteiger partial charge in [-0.15, -0.1) is 0 Å². The average Bonchev–Trinajstić information content (AvgIpc) is 3.72. The Balaban J connectivity index is 1.21. The average molecular weight is 758 g/mol. The number of fused-ring (bicyclic) bond motifs is 5. The summed E-state index contributed by atoms with van der Waals surface area (Å²) < 4.78 is 50.7. The van der Waals surface area contributed by atoms with Crippen LogP contribution in [-0.2, 0) is 43.9 Å². The van der Waals surface area contributed by atoms with E-state index in [1.807, 2.05) is 0 Å². The zero-order valence-corrected chi connectivity index (χ0v) is 27.8. The Kier molecular flexibility index (Phi) is 8.57. The fraction of sp³-hybridized carbons (Fsp3) is 0.455. The second-order valence-corrected chi connectivity index (χ2v) is 16.9. The molecular formula is C22H23Cl2N7O11P2S2. The molecule has 3 aliphatic rings. The summed E-state index contributed by atoms with van der Waals surface area (Å²) in [6.45, 7) is -9.67. The van der Waals surface area contributed by atoms with Crippen molar-refractivity contribution < 1.29 is 47.2 Å². The van der Waals surface area contributed by atoms with E-state index in [4.69, 9.17) is 68.3 Å². The van der Waals surface area contributed by atoms with Gasteiger partial charge in [0.2, 0.25) is 5.95 Å². The summed E-state index contributed by atoms with van der Waals surface area (Å²) >= 11 is 21.7. The van der Waals surface area contributed by atoms with E-state index in [0.29, 0.717) is 11.0 Å². The van der Waals surface area contributed by atoms with Crippen LogP contribution in [0.3, 0.4) is 0 Å². The number of nitrogens with zero attached hydrogens (tertiary/aromatic N) is 5. The van der Waals surface area contributed by atoms with E-state index in [1.165, 1.54) is 33.9 Å². The normalized spacial score (nSPS) is 37.2. The van der Waals surface area contributed by atoms with Crippen molar-refractivity contribution in [2.75, 3.05) is 18.9 Å². The predicted octanol–water partition coefficient (Wildman–Crippen LogP) is 1.65. The first-order valence-electron chi connectivity index (χ1n) is 13.2. The minimum absolute atomic E-state index is 0.0251. The first kappa shape index (κ1) is 32.8. The molecule has 1 aromatic carbocycles. The Bertz CT molecular complexity index is 2000. The number of rotatable bonds is 2. The maximum Gasteiger partial charge on any atom is 0.386 e. The highest BCUT2D eigenvalue weighted by Gasteiger charge is 2.53. The van der Waals surface area contributed by atoms with Crippen LogP contribution in [0.15, 0.2) is 29.6 Å². The number of nitrogen functional groups attached to an aromatic ring is 1. The lowest BCUT2D eigenvalue weighted by atomic mass is 10.1. The summed E-state index contributed by atoms with van der Waals surface area (Å²) in [7, 11) is 0. The van der Waals surface area contributed by atoms with E-state index in [0.717, 1.165) is 0 Å². The number of benzene rings is 1. The van der Waals surface area contributed by atoms with Gasteiger partial charge in [0.15, 0.2) is 23.6 Å². The first-order valence-corrected chi connectivity index (χ1v) is 19.3. The predicted molar refractivity (Wildman–Crippen MR) is 167 cm³/mol. The van der Waals surface area contributed by atoms with Crippen molar-refractivity contribution in [3.63, 3.8) is 0 Å². The number of thiol groups is 1. The van der Waals surface area contributed by atoms with Gasteiger partial charge in [0.25, 0.3) is 5.56 Å². The number of nitrogens with one attached hydrogen (secondary N) is 1. The number of aromatic nitrogens is 6. The minimum atomic E-state index is -4.32. The zero-order valence-electron chi connectivity index (χ0n) is 22.8. The third kappa shape index (κ3) is 5.93. The highest BCUT2D eigenvalue weighted by Crippen LogP contribution is 2.58. The van der Waals surface area contributed by atoms with Gasteiger partial charge >= 0.3 is 13.5 Å². The highest BCUT2D eigenvalue weighted by molar-refractivity contribution is 8.44. The molecule has 0 radical (unpaired) electrons. The molecule has 46 heavy (non-hydrogen) atoms. The fourth-order valence-corrected chi connectivity index (χ4v) is 8.69. The zero-order chi connectivity index (χ0) is 32.7. The summed E-state index contributed by atoms with van der Waals surface area (Å²) in [6, 6.07) is 3.07. The molecule has 10 atom stereocenters. The smallest absolute Gasteiger partial charge is 0.386 e. The van der Waals surface area contributed by atoms with Crippen LogP contribution < -0.4 is 11.3 Å². The van der Waals surface area contributed by atoms with Crippen LogP contribution in [0.25, 0.3) is 22.2 Å². The van der Waals surface area contributed by atoms with Gasteiger partial charge in [-0.25, -0.2) is 14.5 Å². The molecule has 3 fully saturated rings. The van der Waals surface area contributed by atoms with Crippen molar-refractivity contribution in [3.8, 4) is 0 Å². The van der Waals surface area contributed by atoms with Gasteiger partial charge < -0.3 is 39.4 Å². The number of imidazole rings is 2. The number of hydrogen-bond donors (Lipinski definition) is 6. The summed E-state index contributed by atoms with van der Waals surface area (Å²) in [6.07, 6.45) is -8.30. The monoisotopic (exact) mass is 757 g/mol. The topological polar surface area (TPSA) is 241 Å². The van der Waals surface area contributed by atoms with E-state index in [1.54, 1.807) is 0 Å². The molecule has 0 saturated carbocycles. The maximum absolute atomic E-state index is 13.5. The number of aromatic amines is 1. The van der Waals surface area contributed by atoms with Crippen molar-refractivity contribution in [1.82, 2.24) is 29.1 Å². The third-order valence-corrected chi connectivity index (χ3v) is 11.4. The Labute approximate surface area is 277 Å². The Morgan fingerprint density at radius 1 is 1.00 bits per heavy atom. The standard InChI is InChI=1S/C22H23Cl2N7O11P2S2/c23-7-1-9-10(2-8(7)24)30(5-26-9)20-15(33)16-12(40-20)4-38-44(36,46)42-17-14(32)11(3-37-43(35,45)41-16)39-21(17)31-6-27-13-18(31)28-22(25)29-19(13)34/h1-2,5-6,11-12,14-17,20-21,32-33H,3-4H2,(H,35,45)(H,36,46)(H3,25,28,29,34)/t11-,12-,14?,15?,16+,17+,20-,21-,43?,44?/m1/s1. The van der Waals surface area contributed by atoms with Crippen LogP contribution in [0, 0.1) is 0 Å².